The van der Waals surface area contributed by atoms with Gasteiger partial charge in [0.1, 0.15) is 5.69 Å². The van der Waals surface area contributed by atoms with Crippen LogP contribution in [0.5, 0.6) is 5.88 Å². The first-order chi connectivity index (χ1) is 14.1. The molecule has 0 fully saturated rings. The number of aromatic amines is 1. The second-order valence-electron chi connectivity index (χ2n) is 7.06. The Hall–Kier alpha value is -3.01. The Kier molecular flexibility index (Phi) is 6.06. The first kappa shape index (κ1) is 21.7. The van der Waals surface area contributed by atoms with Crippen LogP contribution in [0.3, 0.4) is 0 Å². The van der Waals surface area contributed by atoms with Crippen molar-refractivity contribution in [3.63, 3.8) is 0 Å². The smallest absolute Gasteiger partial charge is 0.422 e. The lowest BCUT2D eigenvalue weighted by atomic mass is 10.1. The highest BCUT2D eigenvalue weighted by Gasteiger charge is 2.32. The number of halogens is 3. The van der Waals surface area contributed by atoms with E-state index >= 15 is 0 Å². The summed E-state index contributed by atoms with van der Waals surface area (Å²) in [4.78, 5) is 21.4. The molecular formula is C20H23F3N4O3. The molecule has 1 aliphatic rings. The lowest BCUT2D eigenvalue weighted by molar-refractivity contribution is -0.154. The van der Waals surface area contributed by atoms with E-state index < -0.39 is 12.8 Å². The number of hydrogen-bond acceptors (Lipinski definition) is 5. The van der Waals surface area contributed by atoms with Crippen LogP contribution in [0.25, 0.3) is 5.70 Å². The van der Waals surface area contributed by atoms with Crippen molar-refractivity contribution in [3.05, 3.63) is 53.0 Å². The molecule has 1 amide bonds. The Bertz CT molecular complexity index is 955. The Morgan fingerprint density at radius 3 is 2.90 bits per heavy atom. The first-order valence-electron chi connectivity index (χ1n) is 9.34. The Morgan fingerprint density at radius 1 is 1.50 bits per heavy atom. The number of aliphatic hydroxyl groups is 1. The number of alkyl halides is 3. The van der Waals surface area contributed by atoms with Gasteiger partial charge in [-0.1, -0.05) is 6.58 Å². The Labute approximate surface area is 171 Å². The lowest BCUT2D eigenvalue weighted by Crippen LogP contribution is -2.28. The number of fused-ring (bicyclic) bond motifs is 1. The summed E-state index contributed by atoms with van der Waals surface area (Å²) in [7, 11) is 0. The predicted octanol–water partition coefficient (Wildman–Crippen LogP) is 2.93. The van der Waals surface area contributed by atoms with Crippen molar-refractivity contribution in [2.24, 2.45) is 0 Å². The second kappa shape index (κ2) is 8.39. The number of nitrogens with one attached hydrogen (secondary N) is 2. The lowest BCUT2D eigenvalue weighted by Gasteiger charge is -2.26. The van der Waals surface area contributed by atoms with Crippen molar-refractivity contribution in [1.82, 2.24) is 20.2 Å². The molecular weight excluding hydrogens is 401 g/mol. The zero-order valence-corrected chi connectivity index (χ0v) is 16.6. The van der Waals surface area contributed by atoms with Crippen LogP contribution in [-0.2, 0) is 6.54 Å². The third-order valence-corrected chi connectivity index (χ3v) is 4.94. The standard InChI is InChI=1S/C20H23F3N4O3/c1-11-8-16(26-19(11)30-10-20(21,22)23)13(3)27-9-15-14(12(27)2)4-5-24-17(15)18(29)25-6-7-28/h4-5,8,13,26,28H,2,6-7,9-10H2,1,3H3,(H,25,29). The van der Waals surface area contributed by atoms with E-state index in [1.54, 1.807) is 19.1 Å². The minimum atomic E-state index is -4.42. The molecule has 0 saturated heterocycles. The molecule has 10 heteroatoms. The van der Waals surface area contributed by atoms with Crippen molar-refractivity contribution >= 4 is 11.6 Å². The number of hydrogen-bond donors (Lipinski definition) is 3. The van der Waals surface area contributed by atoms with E-state index in [4.69, 9.17) is 9.84 Å². The molecule has 0 radical (unpaired) electrons. The number of ether oxygens (including phenoxy) is 1. The number of H-pyrrole nitrogens is 1. The molecule has 2 aromatic rings. The van der Waals surface area contributed by atoms with Gasteiger partial charge < -0.3 is 25.0 Å². The van der Waals surface area contributed by atoms with Crippen LogP contribution in [0.4, 0.5) is 13.2 Å². The maximum atomic E-state index is 12.5. The van der Waals surface area contributed by atoms with E-state index in [9.17, 15) is 18.0 Å². The summed E-state index contributed by atoms with van der Waals surface area (Å²) >= 11 is 0. The van der Waals surface area contributed by atoms with Gasteiger partial charge in [-0.15, -0.1) is 0 Å². The summed E-state index contributed by atoms with van der Waals surface area (Å²) in [5, 5.41) is 11.5. The first-order valence-corrected chi connectivity index (χ1v) is 9.34. The number of pyridine rings is 1. The summed E-state index contributed by atoms with van der Waals surface area (Å²) in [6, 6.07) is 3.24. The highest BCUT2D eigenvalue weighted by atomic mass is 19.4. The van der Waals surface area contributed by atoms with Crippen LogP contribution < -0.4 is 10.1 Å². The van der Waals surface area contributed by atoms with E-state index in [0.29, 0.717) is 29.1 Å². The molecule has 2 aromatic heterocycles. The van der Waals surface area contributed by atoms with E-state index in [1.165, 1.54) is 6.20 Å². The summed E-state index contributed by atoms with van der Waals surface area (Å²) in [6.45, 7) is 6.60. The number of aryl methyl sites for hydroxylation is 1. The van der Waals surface area contributed by atoms with Gasteiger partial charge in [0, 0.05) is 47.4 Å². The average Bonchev–Trinajstić information content (AvgIpc) is 3.23. The molecule has 0 aromatic carbocycles. The average molecular weight is 424 g/mol. The van der Waals surface area contributed by atoms with Crippen LogP contribution in [0.2, 0.25) is 0 Å². The number of carbonyl (C=O) groups excluding carboxylic acids is 1. The number of carbonyl (C=O) groups is 1. The van der Waals surface area contributed by atoms with E-state index in [-0.39, 0.29) is 36.7 Å². The molecule has 162 valence electrons. The molecule has 30 heavy (non-hydrogen) atoms. The van der Waals surface area contributed by atoms with Crippen LogP contribution in [0, 0.1) is 6.92 Å². The second-order valence-corrected chi connectivity index (χ2v) is 7.06. The topological polar surface area (TPSA) is 90.5 Å². The third-order valence-electron chi connectivity index (χ3n) is 4.94. The predicted molar refractivity (Wildman–Crippen MR) is 104 cm³/mol. The van der Waals surface area contributed by atoms with Crippen molar-refractivity contribution < 1.29 is 27.8 Å². The number of aromatic nitrogens is 2. The van der Waals surface area contributed by atoms with Gasteiger partial charge in [0.25, 0.3) is 5.91 Å². The van der Waals surface area contributed by atoms with Gasteiger partial charge in [-0.05, 0) is 26.0 Å². The number of nitrogens with zero attached hydrogens (tertiary/aromatic N) is 2. The molecule has 3 N–H and O–H groups in total. The minimum absolute atomic E-state index is 0.0715. The molecule has 1 unspecified atom stereocenters. The molecule has 1 aliphatic heterocycles. The monoisotopic (exact) mass is 424 g/mol. The maximum Gasteiger partial charge on any atom is 0.422 e. The normalized spacial score (nSPS) is 14.6. The summed E-state index contributed by atoms with van der Waals surface area (Å²) in [5.74, 6) is -0.316. The quantitative estimate of drug-likeness (QED) is 0.636. The zero-order valence-electron chi connectivity index (χ0n) is 16.6. The largest absolute Gasteiger partial charge is 0.469 e. The zero-order chi connectivity index (χ0) is 22.1. The third kappa shape index (κ3) is 4.43. The summed E-state index contributed by atoms with van der Waals surface area (Å²) < 4.78 is 42.2. The molecule has 0 bridgehead atoms. The van der Waals surface area contributed by atoms with Gasteiger partial charge in [-0.3, -0.25) is 9.78 Å². The van der Waals surface area contributed by atoms with Gasteiger partial charge in [0.2, 0.25) is 0 Å². The number of aliphatic hydroxyl groups excluding tert-OH is 1. The van der Waals surface area contributed by atoms with Gasteiger partial charge in [-0.2, -0.15) is 13.2 Å². The molecule has 0 aliphatic carbocycles. The number of amides is 1. The highest BCUT2D eigenvalue weighted by Crippen LogP contribution is 2.39. The van der Waals surface area contributed by atoms with Gasteiger partial charge in [0.05, 0.1) is 12.6 Å². The fourth-order valence-corrected chi connectivity index (χ4v) is 3.42. The minimum Gasteiger partial charge on any atom is -0.469 e. The highest BCUT2D eigenvalue weighted by molar-refractivity contribution is 5.95. The van der Waals surface area contributed by atoms with Crippen LogP contribution in [0.15, 0.2) is 24.9 Å². The Morgan fingerprint density at radius 2 is 2.23 bits per heavy atom. The molecule has 1 atom stereocenters. The fraction of sp³-hybridized carbons (Fsp3) is 0.400. The van der Waals surface area contributed by atoms with E-state index in [2.05, 4.69) is 21.9 Å². The fourth-order valence-electron chi connectivity index (χ4n) is 3.42. The van der Waals surface area contributed by atoms with Crippen molar-refractivity contribution in [2.75, 3.05) is 19.8 Å². The van der Waals surface area contributed by atoms with Crippen molar-refractivity contribution in [1.29, 1.82) is 0 Å². The molecule has 3 heterocycles. The molecule has 3 rings (SSSR count). The van der Waals surface area contributed by atoms with Crippen molar-refractivity contribution in [2.45, 2.75) is 32.6 Å². The van der Waals surface area contributed by atoms with Crippen molar-refractivity contribution in [3.8, 4) is 5.88 Å². The SMILES string of the molecule is C=C1c2ccnc(C(=O)NCCO)c2CN1C(C)c1cc(C)c(OCC(F)(F)F)[nH]1. The molecule has 0 spiro atoms. The number of rotatable bonds is 7. The Balaban J connectivity index is 1.80. The molecule has 7 nitrogen and oxygen atoms in total. The van der Waals surface area contributed by atoms with E-state index in [0.717, 1.165) is 5.56 Å². The van der Waals surface area contributed by atoms with Gasteiger partial charge in [-0.25, -0.2) is 0 Å². The summed E-state index contributed by atoms with van der Waals surface area (Å²) in [5.41, 5.74) is 3.66. The van der Waals surface area contributed by atoms with Gasteiger partial charge >= 0.3 is 6.18 Å². The summed E-state index contributed by atoms with van der Waals surface area (Å²) in [6.07, 6.45) is -2.90. The van der Waals surface area contributed by atoms with Crippen LogP contribution >= 0.6 is 0 Å². The van der Waals surface area contributed by atoms with Crippen LogP contribution in [-0.4, -0.2) is 51.8 Å². The molecule has 0 saturated carbocycles. The van der Waals surface area contributed by atoms with E-state index in [1.807, 2.05) is 11.8 Å². The van der Waals surface area contributed by atoms with Crippen LogP contribution in [0.1, 0.15) is 45.8 Å². The maximum absolute atomic E-state index is 12.5. The van der Waals surface area contributed by atoms with Gasteiger partial charge in [0.15, 0.2) is 12.5 Å².